The number of methoxy groups -OCH3 is 2. The molecule has 1 heterocycles. The largest absolute Gasteiger partial charge is 0.497 e. The average Bonchev–Trinajstić information content (AvgIpc) is 2.83. The summed E-state index contributed by atoms with van der Waals surface area (Å²) >= 11 is 0. The first-order valence-electron chi connectivity index (χ1n) is 9.86. The number of nitrogens with two attached hydrogens (primary N) is 1. The molecule has 0 aliphatic heterocycles. The van der Waals surface area contributed by atoms with E-state index < -0.39 is 0 Å². The van der Waals surface area contributed by atoms with Crippen LogP contribution in [-0.2, 0) is 0 Å². The van der Waals surface area contributed by atoms with Crippen molar-refractivity contribution in [1.29, 1.82) is 0 Å². The van der Waals surface area contributed by atoms with Gasteiger partial charge >= 0.3 is 0 Å². The lowest BCUT2D eigenvalue weighted by molar-refractivity contribution is 0.395. The van der Waals surface area contributed by atoms with Crippen LogP contribution in [0.2, 0.25) is 0 Å². The second kappa shape index (κ2) is 9.57. The molecule has 0 radical (unpaired) electrons. The number of aromatic nitrogens is 2. The summed E-state index contributed by atoms with van der Waals surface area (Å²) in [6, 6.07) is 22.5. The number of nitrogens with zero attached hydrogens (tertiary/aromatic N) is 2. The summed E-state index contributed by atoms with van der Waals surface area (Å²) in [4.78, 5) is 8.53. The van der Waals surface area contributed by atoms with Gasteiger partial charge in [0.15, 0.2) is 11.6 Å². The maximum Gasteiger partial charge on any atom is 0.159 e. The zero-order chi connectivity index (χ0) is 22.3. The molecule has 162 valence electrons. The number of hydrogen-bond acceptors (Lipinski definition) is 8. The smallest absolute Gasteiger partial charge is 0.159 e. The van der Waals surface area contributed by atoms with E-state index in [4.69, 9.17) is 19.9 Å². The fourth-order valence-electron chi connectivity index (χ4n) is 2.99. The van der Waals surface area contributed by atoms with Gasteiger partial charge in [0.25, 0.3) is 0 Å². The highest BCUT2D eigenvalue weighted by Gasteiger charge is 2.12. The van der Waals surface area contributed by atoms with E-state index in [1.165, 1.54) is 6.33 Å². The van der Waals surface area contributed by atoms with Gasteiger partial charge in [-0.15, -0.1) is 0 Å². The van der Waals surface area contributed by atoms with Gasteiger partial charge in [-0.05, 0) is 48.5 Å². The van der Waals surface area contributed by atoms with Crippen LogP contribution in [-0.4, -0.2) is 24.2 Å². The molecule has 4 rings (SSSR count). The Morgan fingerprint density at radius 3 is 2.06 bits per heavy atom. The standard InChI is InChI=1S/C24H23N5O3/c1-30-19-12-13-20(21(14-19)31-2)29-24-22(25)23(26-15-27-24)28-16-8-10-18(11-9-16)32-17-6-4-3-5-7-17/h3-15H,25H2,1-2H3,(H2,26,27,28,29). The Labute approximate surface area is 186 Å². The number of rotatable bonds is 8. The number of nitrogens with one attached hydrogen (secondary N) is 2. The number of hydrogen-bond donors (Lipinski definition) is 3. The molecule has 0 atom stereocenters. The van der Waals surface area contributed by atoms with Gasteiger partial charge in [-0.2, -0.15) is 0 Å². The van der Waals surface area contributed by atoms with E-state index in [1.54, 1.807) is 20.3 Å². The van der Waals surface area contributed by atoms with Crippen molar-refractivity contribution in [2.75, 3.05) is 30.6 Å². The monoisotopic (exact) mass is 429 g/mol. The van der Waals surface area contributed by atoms with Crippen molar-refractivity contribution < 1.29 is 14.2 Å². The van der Waals surface area contributed by atoms with Gasteiger partial charge in [0.05, 0.1) is 19.9 Å². The third-order valence-corrected chi connectivity index (χ3v) is 4.64. The second-order valence-electron chi connectivity index (χ2n) is 6.74. The zero-order valence-electron chi connectivity index (χ0n) is 17.7. The topological polar surface area (TPSA) is 104 Å². The lowest BCUT2D eigenvalue weighted by Crippen LogP contribution is -2.06. The fourth-order valence-corrected chi connectivity index (χ4v) is 2.99. The SMILES string of the molecule is COc1ccc(Nc2ncnc(Nc3ccc(Oc4ccccc4)cc3)c2N)c(OC)c1. The summed E-state index contributed by atoms with van der Waals surface area (Å²) in [5.74, 6) is 3.72. The van der Waals surface area contributed by atoms with Crippen LogP contribution in [0.15, 0.2) is 79.1 Å². The molecule has 4 N–H and O–H groups in total. The number of para-hydroxylation sites is 1. The molecule has 0 saturated heterocycles. The summed E-state index contributed by atoms with van der Waals surface area (Å²) in [5.41, 5.74) is 8.20. The molecule has 0 saturated carbocycles. The fraction of sp³-hybridized carbons (Fsp3) is 0.0833. The van der Waals surface area contributed by atoms with E-state index in [1.807, 2.05) is 66.7 Å². The lowest BCUT2D eigenvalue weighted by Gasteiger charge is -2.15. The van der Waals surface area contributed by atoms with Crippen LogP contribution in [0.4, 0.5) is 28.7 Å². The Morgan fingerprint density at radius 1 is 0.719 bits per heavy atom. The minimum atomic E-state index is 0.370. The molecule has 0 fully saturated rings. The third-order valence-electron chi connectivity index (χ3n) is 4.64. The van der Waals surface area contributed by atoms with E-state index in [0.717, 1.165) is 17.2 Å². The van der Waals surface area contributed by atoms with E-state index in [2.05, 4.69) is 20.6 Å². The maximum absolute atomic E-state index is 6.32. The molecule has 0 bridgehead atoms. The molecule has 0 unspecified atom stereocenters. The van der Waals surface area contributed by atoms with E-state index in [9.17, 15) is 0 Å². The molecule has 32 heavy (non-hydrogen) atoms. The number of nitrogen functional groups attached to an aromatic ring is 1. The summed E-state index contributed by atoms with van der Waals surface area (Å²) in [5, 5.41) is 6.40. The van der Waals surface area contributed by atoms with Gasteiger partial charge in [0, 0.05) is 11.8 Å². The first-order chi connectivity index (χ1) is 15.7. The van der Waals surface area contributed by atoms with Gasteiger partial charge in [0.1, 0.15) is 35.0 Å². The van der Waals surface area contributed by atoms with Crippen LogP contribution in [0, 0.1) is 0 Å². The average molecular weight is 429 g/mol. The summed E-state index contributed by atoms with van der Waals surface area (Å²) < 4.78 is 16.5. The Bertz CT molecular complexity index is 1180. The van der Waals surface area contributed by atoms with Crippen LogP contribution < -0.4 is 30.6 Å². The molecular weight excluding hydrogens is 406 g/mol. The van der Waals surface area contributed by atoms with Crippen molar-refractivity contribution in [3.05, 3.63) is 79.1 Å². The normalized spacial score (nSPS) is 10.3. The molecular formula is C24H23N5O3. The highest BCUT2D eigenvalue weighted by molar-refractivity contribution is 5.81. The van der Waals surface area contributed by atoms with Crippen LogP contribution in [0.3, 0.4) is 0 Å². The van der Waals surface area contributed by atoms with Gasteiger partial charge in [-0.1, -0.05) is 18.2 Å². The Kier molecular flexibility index (Phi) is 6.22. The van der Waals surface area contributed by atoms with Crippen molar-refractivity contribution in [2.45, 2.75) is 0 Å². The highest BCUT2D eigenvalue weighted by atomic mass is 16.5. The molecule has 1 aromatic heterocycles. The third kappa shape index (κ3) is 4.81. The lowest BCUT2D eigenvalue weighted by atomic mass is 10.2. The van der Waals surface area contributed by atoms with Crippen LogP contribution in [0.25, 0.3) is 0 Å². The van der Waals surface area contributed by atoms with Gasteiger partial charge < -0.3 is 30.6 Å². The maximum atomic E-state index is 6.32. The molecule has 0 spiro atoms. The zero-order valence-corrected chi connectivity index (χ0v) is 17.7. The number of benzene rings is 3. The summed E-state index contributed by atoms with van der Waals surface area (Å²) in [6.07, 6.45) is 1.43. The van der Waals surface area contributed by atoms with Crippen LogP contribution in [0.5, 0.6) is 23.0 Å². The van der Waals surface area contributed by atoms with Crippen molar-refractivity contribution in [3.63, 3.8) is 0 Å². The molecule has 8 heteroatoms. The predicted octanol–water partition coefficient (Wildman–Crippen LogP) is 5.36. The van der Waals surface area contributed by atoms with Crippen molar-refractivity contribution in [1.82, 2.24) is 9.97 Å². The quantitative estimate of drug-likeness (QED) is 0.344. The van der Waals surface area contributed by atoms with E-state index in [-0.39, 0.29) is 0 Å². The van der Waals surface area contributed by atoms with Gasteiger partial charge in [0.2, 0.25) is 0 Å². The Morgan fingerprint density at radius 2 is 1.38 bits per heavy atom. The molecule has 4 aromatic rings. The number of anilines is 5. The van der Waals surface area contributed by atoms with Crippen molar-refractivity contribution in [2.24, 2.45) is 0 Å². The minimum absolute atomic E-state index is 0.370. The highest BCUT2D eigenvalue weighted by Crippen LogP contribution is 2.34. The Hall–Kier alpha value is -4.46. The first-order valence-corrected chi connectivity index (χ1v) is 9.86. The molecule has 3 aromatic carbocycles. The van der Waals surface area contributed by atoms with Crippen LogP contribution in [0.1, 0.15) is 0 Å². The first kappa shape index (κ1) is 20.8. The van der Waals surface area contributed by atoms with Gasteiger partial charge in [-0.25, -0.2) is 9.97 Å². The van der Waals surface area contributed by atoms with Crippen molar-refractivity contribution >= 4 is 28.7 Å². The second-order valence-corrected chi connectivity index (χ2v) is 6.74. The Balaban J connectivity index is 1.49. The van der Waals surface area contributed by atoms with Gasteiger partial charge in [-0.3, -0.25) is 0 Å². The summed E-state index contributed by atoms with van der Waals surface area (Å²) in [6.45, 7) is 0. The van der Waals surface area contributed by atoms with Crippen molar-refractivity contribution in [3.8, 4) is 23.0 Å². The number of ether oxygens (including phenoxy) is 3. The predicted molar refractivity (Wildman–Crippen MR) is 126 cm³/mol. The molecule has 8 nitrogen and oxygen atoms in total. The van der Waals surface area contributed by atoms with E-state index >= 15 is 0 Å². The molecule has 0 aliphatic rings. The molecule has 0 aliphatic carbocycles. The van der Waals surface area contributed by atoms with E-state index in [0.29, 0.717) is 34.5 Å². The van der Waals surface area contributed by atoms with Crippen LogP contribution >= 0.6 is 0 Å². The summed E-state index contributed by atoms with van der Waals surface area (Å²) in [7, 11) is 3.18. The molecule has 0 amide bonds. The minimum Gasteiger partial charge on any atom is -0.497 e.